The fourth-order valence-corrected chi connectivity index (χ4v) is 3.06. The summed E-state index contributed by atoms with van der Waals surface area (Å²) in [5.41, 5.74) is 2.91. The van der Waals surface area contributed by atoms with E-state index in [9.17, 15) is 0 Å². The molecule has 80 valence electrons. The van der Waals surface area contributed by atoms with Crippen LogP contribution in [0, 0.1) is 0 Å². The van der Waals surface area contributed by atoms with Crippen molar-refractivity contribution in [3.05, 3.63) is 21.1 Å². The number of hydrogen-bond donors (Lipinski definition) is 0. The first-order valence-corrected chi connectivity index (χ1v) is 6.73. The van der Waals surface area contributed by atoms with Crippen LogP contribution in [0.3, 0.4) is 0 Å². The largest absolute Gasteiger partial charge is 0.172 e. The number of aromatic nitrogens is 2. The van der Waals surface area contributed by atoms with Crippen molar-refractivity contribution in [2.45, 2.75) is 26.2 Å². The summed E-state index contributed by atoms with van der Waals surface area (Å²) in [4.78, 5) is 0. The van der Waals surface area contributed by atoms with Gasteiger partial charge >= 0.3 is 0 Å². The Bertz CT molecular complexity index is 483. The summed E-state index contributed by atoms with van der Waals surface area (Å²) in [7, 11) is 0. The Balaban J connectivity index is 2.51. The van der Waals surface area contributed by atoms with Crippen LogP contribution in [0.15, 0.2) is 10.5 Å². The van der Waals surface area contributed by atoms with Crippen molar-refractivity contribution in [3.8, 4) is 0 Å². The van der Waals surface area contributed by atoms with Gasteiger partial charge in [0, 0.05) is 4.47 Å². The van der Waals surface area contributed by atoms with E-state index in [1.807, 2.05) is 6.07 Å². The van der Waals surface area contributed by atoms with Gasteiger partial charge in [-0.3, -0.25) is 0 Å². The monoisotopic (exact) mass is 304 g/mol. The molecule has 2 aromatic rings. The Hall–Kier alpha value is -0.190. The third-order valence-corrected chi connectivity index (χ3v) is 4.01. The summed E-state index contributed by atoms with van der Waals surface area (Å²) in [5.74, 6) is 0. The van der Waals surface area contributed by atoms with Crippen LogP contribution in [-0.4, -0.2) is 8.75 Å². The van der Waals surface area contributed by atoms with E-state index in [-0.39, 0.29) is 0 Å². The fourth-order valence-electron chi connectivity index (χ4n) is 1.48. The van der Waals surface area contributed by atoms with Gasteiger partial charge in [-0.1, -0.05) is 24.9 Å². The summed E-state index contributed by atoms with van der Waals surface area (Å²) >= 11 is 10.9. The van der Waals surface area contributed by atoms with E-state index in [1.54, 1.807) is 0 Å². The number of aryl methyl sites for hydroxylation is 1. The molecule has 1 aromatic carbocycles. The van der Waals surface area contributed by atoms with Gasteiger partial charge in [-0.2, -0.15) is 8.75 Å². The number of benzene rings is 1. The van der Waals surface area contributed by atoms with E-state index in [1.165, 1.54) is 23.7 Å². The second kappa shape index (κ2) is 4.76. The van der Waals surface area contributed by atoms with E-state index in [4.69, 9.17) is 11.6 Å². The van der Waals surface area contributed by atoms with Crippen molar-refractivity contribution in [1.29, 1.82) is 0 Å². The van der Waals surface area contributed by atoms with Crippen LogP contribution in [0.25, 0.3) is 11.0 Å². The zero-order valence-corrected chi connectivity index (χ0v) is 11.4. The predicted octanol–water partition coefficient (Wildman–Crippen LogP) is 4.45. The molecule has 0 amide bonds. The third kappa shape index (κ3) is 2.17. The maximum absolute atomic E-state index is 6.14. The first kappa shape index (κ1) is 11.3. The van der Waals surface area contributed by atoms with Crippen molar-refractivity contribution in [1.82, 2.24) is 8.75 Å². The Morgan fingerprint density at radius 3 is 2.87 bits per heavy atom. The highest BCUT2D eigenvalue weighted by Gasteiger charge is 2.12. The fraction of sp³-hybridized carbons (Fsp3) is 0.400. The van der Waals surface area contributed by atoms with Gasteiger partial charge in [0.15, 0.2) is 0 Å². The lowest BCUT2D eigenvalue weighted by atomic mass is 10.1. The van der Waals surface area contributed by atoms with Gasteiger partial charge in [0.1, 0.15) is 11.0 Å². The zero-order chi connectivity index (χ0) is 10.8. The van der Waals surface area contributed by atoms with Crippen molar-refractivity contribution < 1.29 is 0 Å². The Kier molecular flexibility index (Phi) is 3.59. The molecular formula is C10H10BrClN2S. The number of fused-ring (bicyclic) bond motifs is 1. The first-order chi connectivity index (χ1) is 7.24. The minimum Gasteiger partial charge on any atom is -0.172 e. The van der Waals surface area contributed by atoms with Crippen LogP contribution in [0.5, 0.6) is 0 Å². The zero-order valence-electron chi connectivity index (χ0n) is 8.26. The Labute approximate surface area is 106 Å². The lowest BCUT2D eigenvalue weighted by molar-refractivity contribution is 0.793. The number of hydrogen-bond acceptors (Lipinski definition) is 3. The minimum absolute atomic E-state index is 0.702. The molecule has 5 heteroatoms. The summed E-state index contributed by atoms with van der Waals surface area (Å²) in [6, 6.07) is 1.99. The van der Waals surface area contributed by atoms with E-state index >= 15 is 0 Å². The highest BCUT2D eigenvalue weighted by molar-refractivity contribution is 9.10. The molecule has 0 aliphatic rings. The SMILES string of the molecule is CCCCc1cc(Cl)c2nsnc2c1Br. The van der Waals surface area contributed by atoms with Gasteiger partial charge in [-0.05, 0) is 40.4 Å². The molecule has 0 atom stereocenters. The highest BCUT2D eigenvalue weighted by Crippen LogP contribution is 2.32. The van der Waals surface area contributed by atoms with Gasteiger partial charge in [-0.15, -0.1) is 0 Å². The normalized spacial score (nSPS) is 11.1. The van der Waals surface area contributed by atoms with E-state index in [2.05, 4.69) is 31.6 Å². The topological polar surface area (TPSA) is 25.8 Å². The van der Waals surface area contributed by atoms with Gasteiger partial charge in [0.25, 0.3) is 0 Å². The molecule has 0 spiro atoms. The predicted molar refractivity (Wildman–Crippen MR) is 68.7 cm³/mol. The summed E-state index contributed by atoms with van der Waals surface area (Å²) < 4.78 is 9.46. The smallest absolute Gasteiger partial charge is 0.124 e. The molecule has 0 radical (unpaired) electrons. The van der Waals surface area contributed by atoms with E-state index in [0.29, 0.717) is 5.02 Å². The number of halogens is 2. The highest BCUT2D eigenvalue weighted by atomic mass is 79.9. The molecule has 0 bridgehead atoms. The van der Waals surface area contributed by atoms with Crippen molar-refractivity contribution in [3.63, 3.8) is 0 Å². The molecule has 2 nitrogen and oxygen atoms in total. The average molecular weight is 306 g/mol. The van der Waals surface area contributed by atoms with Crippen molar-refractivity contribution in [2.75, 3.05) is 0 Å². The van der Waals surface area contributed by atoms with Gasteiger partial charge in [-0.25, -0.2) is 0 Å². The van der Waals surface area contributed by atoms with Crippen molar-refractivity contribution >= 4 is 50.3 Å². The molecule has 2 rings (SSSR count). The second-order valence-electron chi connectivity index (χ2n) is 3.40. The first-order valence-electron chi connectivity index (χ1n) is 4.83. The van der Waals surface area contributed by atoms with Gasteiger partial charge in [0.2, 0.25) is 0 Å². The molecule has 15 heavy (non-hydrogen) atoms. The molecule has 0 aliphatic carbocycles. The average Bonchev–Trinajstić information content (AvgIpc) is 2.70. The maximum Gasteiger partial charge on any atom is 0.124 e. The van der Waals surface area contributed by atoms with E-state index in [0.717, 1.165) is 28.3 Å². The second-order valence-corrected chi connectivity index (χ2v) is 5.13. The Morgan fingerprint density at radius 2 is 2.13 bits per heavy atom. The van der Waals surface area contributed by atoms with Crippen LogP contribution in [0.2, 0.25) is 5.02 Å². The minimum atomic E-state index is 0.702. The molecule has 0 aliphatic heterocycles. The number of unbranched alkanes of at least 4 members (excludes halogenated alkanes) is 1. The van der Waals surface area contributed by atoms with Crippen LogP contribution < -0.4 is 0 Å². The molecule has 0 N–H and O–H groups in total. The molecule has 0 fully saturated rings. The molecule has 1 aromatic heterocycles. The quantitative estimate of drug-likeness (QED) is 0.837. The van der Waals surface area contributed by atoms with Gasteiger partial charge in [0.05, 0.1) is 16.8 Å². The number of rotatable bonds is 3. The number of nitrogens with zero attached hydrogens (tertiary/aromatic N) is 2. The van der Waals surface area contributed by atoms with Crippen molar-refractivity contribution in [2.24, 2.45) is 0 Å². The Morgan fingerprint density at radius 1 is 1.40 bits per heavy atom. The summed E-state index contributed by atoms with van der Waals surface area (Å²) in [5, 5.41) is 0.702. The van der Waals surface area contributed by atoms with Crippen LogP contribution in [-0.2, 0) is 6.42 Å². The molecule has 1 heterocycles. The van der Waals surface area contributed by atoms with Crippen LogP contribution in [0.4, 0.5) is 0 Å². The lowest BCUT2D eigenvalue weighted by Gasteiger charge is -2.04. The third-order valence-electron chi connectivity index (χ3n) is 2.31. The standard InChI is InChI=1S/C10H10BrClN2S/c1-2-3-4-6-5-7(12)9-10(8(6)11)14-15-13-9/h5H,2-4H2,1H3. The lowest BCUT2D eigenvalue weighted by Crippen LogP contribution is -1.88. The van der Waals surface area contributed by atoms with E-state index < -0.39 is 0 Å². The summed E-state index contributed by atoms with van der Waals surface area (Å²) in [6.45, 7) is 2.18. The molecule has 0 saturated heterocycles. The van der Waals surface area contributed by atoms with Gasteiger partial charge < -0.3 is 0 Å². The van der Waals surface area contributed by atoms with Crippen LogP contribution in [0.1, 0.15) is 25.3 Å². The molecular weight excluding hydrogens is 296 g/mol. The molecule has 0 unspecified atom stereocenters. The maximum atomic E-state index is 6.14. The summed E-state index contributed by atoms with van der Waals surface area (Å²) in [6.07, 6.45) is 3.37. The van der Waals surface area contributed by atoms with Crippen LogP contribution >= 0.6 is 39.3 Å². The molecule has 0 saturated carbocycles.